The Morgan fingerprint density at radius 3 is 2.71 bits per heavy atom. The predicted molar refractivity (Wildman–Crippen MR) is 110 cm³/mol. The summed E-state index contributed by atoms with van der Waals surface area (Å²) in [5, 5.41) is 0. The standard InChI is InChI=1S/C22H25N3O3/c1-3-6-17(21(23)26)15-16-9-11-18(12-10-16)27-14-13-25(2)22-24-19-7-4-5-8-20(19)28-22/h3-5,7-12,17H,1,6,13-15H2,2H3,(H2,23,26). The second-order valence-electron chi connectivity index (χ2n) is 6.71. The first-order valence-electron chi connectivity index (χ1n) is 9.25. The monoisotopic (exact) mass is 379 g/mol. The lowest BCUT2D eigenvalue weighted by Crippen LogP contribution is -2.24. The van der Waals surface area contributed by atoms with Crippen molar-refractivity contribution < 1.29 is 13.9 Å². The van der Waals surface area contributed by atoms with Crippen LogP contribution in [0.4, 0.5) is 6.01 Å². The van der Waals surface area contributed by atoms with Crippen LogP contribution >= 0.6 is 0 Å². The van der Waals surface area contributed by atoms with E-state index in [0.717, 1.165) is 22.4 Å². The zero-order valence-corrected chi connectivity index (χ0v) is 16.0. The number of allylic oxidation sites excluding steroid dienone is 1. The van der Waals surface area contributed by atoms with Crippen molar-refractivity contribution in [2.24, 2.45) is 11.7 Å². The predicted octanol–water partition coefficient (Wildman–Crippen LogP) is 3.56. The molecule has 0 spiro atoms. The van der Waals surface area contributed by atoms with Crippen LogP contribution in [-0.4, -0.2) is 31.1 Å². The van der Waals surface area contributed by atoms with Crippen molar-refractivity contribution in [2.75, 3.05) is 25.1 Å². The van der Waals surface area contributed by atoms with Gasteiger partial charge >= 0.3 is 0 Å². The van der Waals surface area contributed by atoms with Crippen molar-refractivity contribution in [1.29, 1.82) is 0 Å². The number of hydrogen-bond acceptors (Lipinski definition) is 5. The molecule has 3 rings (SSSR count). The fourth-order valence-electron chi connectivity index (χ4n) is 2.93. The number of likely N-dealkylation sites (N-methyl/N-ethyl adjacent to an activating group) is 1. The number of nitrogens with zero attached hydrogens (tertiary/aromatic N) is 2. The number of ether oxygens (including phenoxy) is 1. The summed E-state index contributed by atoms with van der Waals surface area (Å²) in [5.41, 5.74) is 8.09. The molecule has 0 saturated carbocycles. The van der Waals surface area contributed by atoms with Crippen molar-refractivity contribution in [1.82, 2.24) is 4.98 Å². The van der Waals surface area contributed by atoms with Gasteiger partial charge in [-0.2, -0.15) is 4.98 Å². The molecule has 1 amide bonds. The zero-order chi connectivity index (χ0) is 19.9. The van der Waals surface area contributed by atoms with Crippen molar-refractivity contribution >= 4 is 23.0 Å². The number of anilines is 1. The van der Waals surface area contributed by atoms with Gasteiger partial charge in [-0.15, -0.1) is 6.58 Å². The molecule has 0 saturated heterocycles. The van der Waals surface area contributed by atoms with Crippen molar-refractivity contribution in [3.8, 4) is 5.75 Å². The van der Waals surface area contributed by atoms with E-state index in [9.17, 15) is 4.79 Å². The second-order valence-corrected chi connectivity index (χ2v) is 6.71. The van der Waals surface area contributed by atoms with Crippen LogP contribution in [0.5, 0.6) is 5.75 Å². The van der Waals surface area contributed by atoms with Gasteiger partial charge in [-0.05, 0) is 42.7 Å². The smallest absolute Gasteiger partial charge is 0.298 e. The van der Waals surface area contributed by atoms with Crippen LogP contribution in [-0.2, 0) is 11.2 Å². The Morgan fingerprint density at radius 1 is 1.29 bits per heavy atom. The minimum Gasteiger partial charge on any atom is -0.492 e. The molecule has 1 atom stereocenters. The summed E-state index contributed by atoms with van der Waals surface area (Å²) in [5.74, 6) is 0.241. The maximum Gasteiger partial charge on any atom is 0.298 e. The zero-order valence-electron chi connectivity index (χ0n) is 16.0. The van der Waals surface area contributed by atoms with Gasteiger partial charge in [0.1, 0.15) is 17.9 Å². The van der Waals surface area contributed by atoms with Gasteiger partial charge in [0, 0.05) is 13.0 Å². The topological polar surface area (TPSA) is 81.6 Å². The summed E-state index contributed by atoms with van der Waals surface area (Å²) < 4.78 is 11.5. The highest BCUT2D eigenvalue weighted by atomic mass is 16.5. The number of rotatable bonds is 10. The first-order chi connectivity index (χ1) is 13.6. The first kappa shape index (κ1) is 19.5. The number of primary amides is 1. The Labute approximate surface area is 164 Å². The molecule has 0 radical (unpaired) electrons. The van der Waals surface area contributed by atoms with Gasteiger partial charge in [-0.3, -0.25) is 4.79 Å². The molecule has 2 N–H and O–H groups in total. The van der Waals surface area contributed by atoms with Gasteiger partial charge < -0.3 is 19.8 Å². The highest BCUT2D eigenvalue weighted by Gasteiger charge is 2.14. The Bertz CT molecular complexity index is 901. The molecule has 6 heteroatoms. The largest absolute Gasteiger partial charge is 0.492 e. The summed E-state index contributed by atoms with van der Waals surface area (Å²) in [6, 6.07) is 16.0. The number of aromatic nitrogens is 1. The summed E-state index contributed by atoms with van der Waals surface area (Å²) in [6.45, 7) is 4.81. The number of carbonyl (C=O) groups is 1. The molecule has 1 heterocycles. The fraction of sp³-hybridized carbons (Fsp3) is 0.273. The molecule has 0 aliphatic carbocycles. The first-order valence-corrected chi connectivity index (χ1v) is 9.25. The maximum atomic E-state index is 11.5. The molecule has 0 bridgehead atoms. The summed E-state index contributed by atoms with van der Waals surface area (Å²) in [4.78, 5) is 17.9. The molecule has 146 valence electrons. The van der Waals surface area contributed by atoms with Crippen molar-refractivity contribution in [2.45, 2.75) is 12.8 Å². The van der Waals surface area contributed by atoms with E-state index in [0.29, 0.717) is 32.0 Å². The maximum absolute atomic E-state index is 11.5. The molecule has 28 heavy (non-hydrogen) atoms. The Hall–Kier alpha value is -3.28. The number of fused-ring (bicyclic) bond motifs is 1. The van der Waals surface area contributed by atoms with Crippen LogP contribution in [0.3, 0.4) is 0 Å². The van der Waals surface area contributed by atoms with Gasteiger partial charge in [-0.1, -0.05) is 30.3 Å². The minimum atomic E-state index is -0.303. The number of para-hydroxylation sites is 2. The van der Waals surface area contributed by atoms with E-state index >= 15 is 0 Å². The lowest BCUT2D eigenvalue weighted by molar-refractivity contribution is -0.121. The van der Waals surface area contributed by atoms with Crippen molar-refractivity contribution in [3.05, 3.63) is 66.7 Å². The van der Waals surface area contributed by atoms with Crippen LogP contribution in [0.25, 0.3) is 11.1 Å². The summed E-state index contributed by atoms with van der Waals surface area (Å²) in [7, 11) is 1.92. The van der Waals surface area contributed by atoms with E-state index in [1.54, 1.807) is 6.08 Å². The number of benzene rings is 2. The van der Waals surface area contributed by atoms with E-state index in [1.165, 1.54) is 0 Å². The molecule has 3 aromatic rings. The highest BCUT2D eigenvalue weighted by Crippen LogP contribution is 2.21. The third-order valence-corrected chi connectivity index (χ3v) is 4.56. The molecule has 1 unspecified atom stereocenters. The van der Waals surface area contributed by atoms with E-state index in [4.69, 9.17) is 14.9 Å². The van der Waals surface area contributed by atoms with E-state index in [2.05, 4.69) is 11.6 Å². The van der Waals surface area contributed by atoms with Crippen LogP contribution in [0.1, 0.15) is 12.0 Å². The number of hydrogen-bond donors (Lipinski definition) is 1. The van der Waals surface area contributed by atoms with E-state index in [-0.39, 0.29) is 11.8 Å². The van der Waals surface area contributed by atoms with Gasteiger partial charge in [0.2, 0.25) is 5.91 Å². The number of oxazole rings is 1. The fourth-order valence-corrected chi connectivity index (χ4v) is 2.93. The number of nitrogens with two attached hydrogens (primary N) is 1. The van der Waals surface area contributed by atoms with Gasteiger partial charge in [0.15, 0.2) is 5.58 Å². The average Bonchev–Trinajstić information content (AvgIpc) is 3.13. The highest BCUT2D eigenvalue weighted by molar-refractivity contribution is 5.77. The van der Waals surface area contributed by atoms with Gasteiger partial charge in [0.05, 0.1) is 6.54 Å². The number of carbonyl (C=O) groups excluding carboxylic acids is 1. The lowest BCUT2D eigenvalue weighted by atomic mass is 9.95. The molecular formula is C22H25N3O3. The molecule has 0 aliphatic rings. The van der Waals surface area contributed by atoms with Crippen molar-refractivity contribution in [3.63, 3.8) is 0 Å². The molecule has 0 fully saturated rings. The average molecular weight is 379 g/mol. The Morgan fingerprint density at radius 2 is 2.04 bits per heavy atom. The molecular weight excluding hydrogens is 354 g/mol. The summed E-state index contributed by atoms with van der Waals surface area (Å²) in [6.07, 6.45) is 2.90. The normalized spacial score (nSPS) is 11.9. The number of amides is 1. The van der Waals surface area contributed by atoms with Crippen LogP contribution in [0.15, 0.2) is 65.6 Å². The second kappa shape index (κ2) is 9.08. The minimum absolute atomic E-state index is 0.228. The van der Waals surface area contributed by atoms with Crippen LogP contribution in [0.2, 0.25) is 0 Å². The lowest BCUT2D eigenvalue weighted by Gasteiger charge is -2.15. The molecule has 6 nitrogen and oxygen atoms in total. The Kier molecular flexibility index (Phi) is 6.32. The van der Waals surface area contributed by atoms with Crippen LogP contribution in [0, 0.1) is 5.92 Å². The third-order valence-electron chi connectivity index (χ3n) is 4.56. The summed E-state index contributed by atoms with van der Waals surface area (Å²) >= 11 is 0. The van der Waals surface area contributed by atoms with Gasteiger partial charge in [-0.25, -0.2) is 0 Å². The SMILES string of the molecule is C=CCC(Cc1ccc(OCCN(C)c2nc3ccccc3o2)cc1)C(N)=O. The molecule has 0 aliphatic heterocycles. The Balaban J connectivity index is 1.50. The van der Waals surface area contributed by atoms with E-state index in [1.807, 2.05) is 60.5 Å². The van der Waals surface area contributed by atoms with Crippen LogP contribution < -0.4 is 15.4 Å². The van der Waals surface area contributed by atoms with Gasteiger partial charge in [0.25, 0.3) is 6.01 Å². The third kappa shape index (κ3) is 4.91. The molecule has 1 aromatic heterocycles. The quantitative estimate of drug-likeness (QED) is 0.545. The molecule has 2 aromatic carbocycles. The van der Waals surface area contributed by atoms with E-state index < -0.39 is 0 Å².